The van der Waals surface area contributed by atoms with Crippen molar-refractivity contribution >= 4 is 29.6 Å². The van der Waals surface area contributed by atoms with Crippen LogP contribution < -0.4 is 4.74 Å². The Kier molecular flexibility index (Phi) is 8.95. The molecular weight excluding hydrogens is 601 g/mol. The Bertz CT molecular complexity index is 1770. The summed E-state index contributed by atoms with van der Waals surface area (Å²) in [4.78, 5) is 20.2. The number of aromatic nitrogens is 2. The number of fused-ring (bicyclic) bond motifs is 2. The molecule has 1 N–H and O–H groups in total. The van der Waals surface area contributed by atoms with Gasteiger partial charge < -0.3 is 19.1 Å². The van der Waals surface area contributed by atoms with Crippen molar-refractivity contribution in [2.24, 2.45) is 7.05 Å². The second kappa shape index (κ2) is 12.7. The highest BCUT2D eigenvalue weighted by atomic mass is 32.1. The van der Waals surface area contributed by atoms with E-state index in [1.54, 1.807) is 0 Å². The van der Waals surface area contributed by atoms with Crippen LogP contribution in [0.15, 0.2) is 42.5 Å². The van der Waals surface area contributed by atoms with Crippen molar-refractivity contribution in [3.05, 3.63) is 81.9 Å². The molecule has 0 radical (unpaired) electrons. The van der Waals surface area contributed by atoms with Crippen molar-refractivity contribution in [1.29, 1.82) is 0 Å². The topological polar surface area (TPSA) is 76.8 Å². The summed E-state index contributed by atoms with van der Waals surface area (Å²) in [7, 11) is 1.97. The first kappa shape index (κ1) is 32.5. The first-order chi connectivity index (χ1) is 21.9. The Labute approximate surface area is 276 Å². The Morgan fingerprint density at radius 1 is 1.15 bits per heavy atom. The van der Waals surface area contributed by atoms with Gasteiger partial charge in [-0.2, -0.15) is 12.6 Å². The van der Waals surface area contributed by atoms with Gasteiger partial charge in [0.15, 0.2) is 17.7 Å². The molecular formula is C37H44FN3O4S. The van der Waals surface area contributed by atoms with Crippen LogP contribution in [0, 0.1) is 19.7 Å². The SMILES string of the molecule is Cc1nc2c(cc(C(S)N3CCC(c4ccccc4)CC3)n2C)c(-c2cc(F)c3c(c2C)CCCO3)c1[C@H](OC(C)(C)C)C(=O)O. The van der Waals surface area contributed by atoms with Gasteiger partial charge in [-0.15, -0.1) is 0 Å². The van der Waals surface area contributed by atoms with E-state index in [9.17, 15) is 9.90 Å². The van der Waals surface area contributed by atoms with E-state index in [-0.39, 0.29) is 5.37 Å². The molecule has 0 saturated carbocycles. The second-order valence-electron chi connectivity index (χ2n) is 13.7. The van der Waals surface area contributed by atoms with Crippen molar-refractivity contribution in [3.8, 4) is 16.9 Å². The van der Waals surface area contributed by atoms with Crippen LogP contribution in [-0.4, -0.2) is 50.8 Å². The number of pyridine rings is 1. The van der Waals surface area contributed by atoms with Crippen LogP contribution in [0.1, 0.15) is 91.1 Å². The number of carbonyl (C=O) groups is 1. The van der Waals surface area contributed by atoms with Gasteiger partial charge >= 0.3 is 5.97 Å². The molecule has 0 spiro atoms. The largest absolute Gasteiger partial charge is 0.490 e. The maximum Gasteiger partial charge on any atom is 0.337 e. The zero-order chi connectivity index (χ0) is 32.9. The molecule has 2 aliphatic heterocycles. The highest BCUT2D eigenvalue weighted by Crippen LogP contribution is 2.46. The van der Waals surface area contributed by atoms with Crippen molar-refractivity contribution in [2.45, 2.75) is 83.3 Å². The Balaban J connectivity index is 1.50. The molecule has 1 unspecified atom stereocenters. The molecule has 6 rings (SSSR count). The van der Waals surface area contributed by atoms with Gasteiger partial charge in [-0.3, -0.25) is 4.90 Å². The Morgan fingerprint density at radius 2 is 1.85 bits per heavy atom. The number of carboxylic acid groups (broad SMARTS) is 1. The summed E-state index contributed by atoms with van der Waals surface area (Å²) in [5.74, 6) is -0.758. The maximum absolute atomic E-state index is 15.8. The highest BCUT2D eigenvalue weighted by molar-refractivity contribution is 7.80. The number of aliphatic carboxylic acids is 1. The van der Waals surface area contributed by atoms with Crippen LogP contribution in [0.25, 0.3) is 22.2 Å². The molecule has 46 heavy (non-hydrogen) atoms. The quantitative estimate of drug-likeness (QED) is 0.198. The molecule has 2 aromatic heterocycles. The minimum atomic E-state index is -1.31. The van der Waals surface area contributed by atoms with E-state index in [0.717, 1.165) is 54.6 Å². The number of likely N-dealkylation sites (tertiary alicyclic amines) is 1. The minimum absolute atomic E-state index is 0.205. The van der Waals surface area contributed by atoms with Crippen LogP contribution in [0.5, 0.6) is 5.75 Å². The van der Waals surface area contributed by atoms with Crippen molar-refractivity contribution in [3.63, 3.8) is 0 Å². The molecule has 9 heteroatoms. The Hall–Kier alpha value is -3.40. The number of aryl methyl sites for hydroxylation is 2. The fourth-order valence-corrected chi connectivity index (χ4v) is 7.71. The summed E-state index contributed by atoms with van der Waals surface area (Å²) in [6.07, 6.45) is 2.24. The van der Waals surface area contributed by atoms with Gasteiger partial charge in [-0.25, -0.2) is 14.2 Å². The summed E-state index contributed by atoms with van der Waals surface area (Å²) in [5, 5.41) is 11.1. The normalized spacial score (nSPS) is 17.5. The predicted molar refractivity (Wildman–Crippen MR) is 182 cm³/mol. The summed E-state index contributed by atoms with van der Waals surface area (Å²) < 4.78 is 29.8. The van der Waals surface area contributed by atoms with E-state index < -0.39 is 23.5 Å². The maximum atomic E-state index is 15.8. The van der Waals surface area contributed by atoms with Gasteiger partial charge in [0, 0.05) is 53.6 Å². The lowest BCUT2D eigenvalue weighted by Gasteiger charge is -2.35. The van der Waals surface area contributed by atoms with E-state index in [2.05, 4.69) is 41.3 Å². The zero-order valence-electron chi connectivity index (χ0n) is 27.6. The number of hydrogen-bond donors (Lipinski definition) is 2. The molecule has 2 aliphatic rings. The van der Waals surface area contributed by atoms with E-state index in [1.807, 2.05) is 46.2 Å². The summed E-state index contributed by atoms with van der Waals surface area (Å²) in [5.41, 5.74) is 6.19. The van der Waals surface area contributed by atoms with E-state index in [4.69, 9.17) is 27.1 Å². The molecule has 7 nitrogen and oxygen atoms in total. The third-order valence-electron chi connectivity index (χ3n) is 9.51. The smallest absolute Gasteiger partial charge is 0.337 e. The highest BCUT2D eigenvalue weighted by Gasteiger charge is 2.35. The first-order valence-electron chi connectivity index (χ1n) is 16.2. The van der Waals surface area contributed by atoms with Crippen LogP contribution in [0.4, 0.5) is 4.39 Å². The predicted octanol–water partition coefficient (Wildman–Crippen LogP) is 8.07. The van der Waals surface area contributed by atoms with Gasteiger partial charge in [0.2, 0.25) is 0 Å². The zero-order valence-corrected chi connectivity index (χ0v) is 28.5. The molecule has 2 atom stereocenters. The molecule has 1 fully saturated rings. The number of piperidine rings is 1. The number of thiol groups is 1. The minimum Gasteiger partial charge on any atom is -0.490 e. The third-order valence-corrected chi connectivity index (χ3v) is 10.1. The summed E-state index contributed by atoms with van der Waals surface area (Å²) in [6.45, 7) is 11.5. The van der Waals surface area contributed by atoms with Crippen molar-refractivity contribution in [1.82, 2.24) is 14.5 Å². The van der Waals surface area contributed by atoms with Crippen LogP contribution in [-0.2, 0) is 23.0 Å². The average molecular weight is 646 g/mol. The number of carboxylic acids is 1. The van der Waals surface area contributed by atoms with Crippen LogP contribution in [0.2, 0.25) is 0 Å². The van der Waals surface area contributed by atoms with E-state index in [1.165, 1.54) is 11.6 Å². The molecule has 0 aliphatic carbocycles. The molecule has 0 amide bonds. The summed E-state index contributed by atoms with van der Waals surface area (Å²) in [6, 6.07) is 14.2. The molecule has 244 valence electrons. The number of benzene rings is 2. The van der Waals surface area contributed by atoms with Crippen LogP contribution in [0.3, 0.4) is 0 Å². The molecule has 2 aromatic carbocycles. The van der Waals surface area contributed by atoms with Crippen LogP contribution >= 0.6 is 12.6 Å². The van der Waals surface area contributed by atoms with Gasteiger partial charge in [0.1, 0.15) is 5.65 Å². The number of nitrogens with zero attached hydrogens (tertiary/aromatic N) is 3. The lowest BCUT2D eigenvalue weighted by molar-refractivity contribution is -0.160. The molecule has 4 aromatic rings. The van der Waals surface area contributed by atoms with Crippen molar-refractivity contribution in [2.75, 3.05) is 19.7 Å². The van der Waals surface area contributed by atoms with Gasteiger partial charge in [-0.1, -0.05) is 30.3 Å². The lowest BCUT2D eigenvalue weighted by atomic mass is 9.86. The van der Waals surface area contributed by atoms with Crippen molar-refractivity contribution < 1.29 is 23.8 Å². The fraction of sp³-hybridized carbons (Fsp3) is 0.459. The fourth-order valence-electron chi connectivity index (χ4n) is 7.23. The molecule has 4 heterocycles. The standard InChI is InChI=1S/C37H44FN3O4S/c1-21-25-13-10-18-44-32(25)28(38)19-26(21)31-27-20-29(35(46)41-16-14-24(15-17-41)23-11-8-7-9-12-23)40(6)34(27)39-22(2)30(31)33(36(42)43)45-37(3,4)5/h7-9,11-12,19-20,24,33,35,46H,10,13-18H2,1-6H3,(H,42,43)/t33-,35?/m0/s1. The second-order valence-corrected chi connectivity index (χ2v) is 14.2. The third kappa shape index (κ3) is 6.05. The number of halogens is 1. The lowest BCUT2D eigenvalue weighted by Crippen LogP contribution is -2.34. The first-order valence-corrected chi connectivity index (χ1v) is 16.7. The number of hydrogen-bond acceptors (Lipinski definition) is 6. The van der Waals surface area contributed by atoms with E-state index >= 15 is 4.39 Å². The molecule has 0 bridgehead atoms. The van der Waals surface area contributed by atoms with Gasteiger partial charge in [0.25, 0.3) is 0 Å². The average Bonchev–Trinajstić information content (AvgIpc) is 3.36. The van der Waals surface area contributed by atoms with E-state index in [0.29, 0.717) is 52.7 Å². The monoisotopic (exact) mass is 645 g/mol. The van der Waals surface area contributed by atoms with Gasteiger partial charge in [0.05, 0.1) is 17.6 Å². The summed E-state index contributed by atoms with van der Waals surface area (Å²) >= 11 is 5.15. The molecule has 1 saturated heterocycles. The van der Waals surface area contributed by atoms with Gasteiger partial charge in [-0.05, 0) is 95.0 Å². The Morgan fingerprint density at radius 3 is 2.50 bits per heavy atom. The number of rotatable bonds is 7. The number of ether oxygens (including phenoxy) is 2.